The second kappa shape index (κ2) is 8.66. The van der Waals surface area contributed by atoms with Crippen molar-refractivity contribution < 1.29 is 19.1 Å². The summed E-state index contributed by atoms with van der Waals surface area (Å²) in [6.07, 6.45) is 4.18. The number of carbonyl (C=O) groups is 2. The SMILES string of the molecule is O=CO[C@@H](C(=O)OCC1CC(c2nc(I)c3c(Cl)nccn23)C1)c1ccccc1. The van der Waals surface area contributed by atoms with Crippen LogP contribution in [0.25, 0.3) is 5.52 Å². The number of fused-ring (bicyclic) bond motifs is 1. The molecule has 0 spiro atoms. The largest absolute Gasteiger partial charge is 0.462 e. The maximum atomic E-state index is 12.4. The van der Waals surface area contributed by atoms with E-state index in [-0.39, 0.29) is 24.9 Å². The number of carbonyl (C=O) groups excluding carboxylic acids is 2. The van der Waals surface area contributed by atoms with Gasteiger partial charge in [0.25, 0.3) is 6.47 Å². The maximum absolute atomic E-state index is 12.4. The van der Waals surface area contributed by atoms with Gasteiger partial charge in [-0.15, -0.1) is 0 Å². The third kappa shape index (κ3) is 4.09. The fraction of sp³-hybridized carbons (Fsp3) is 0.300. The summed E-state index contributed by atoms with van der Waals surface area (Å²) < 4.78 is 13.2. The van der Waals surface area contributed by atoms with Gasteiger partial charge < -0.3 is 9.47 Å². The molecule has 2 heterocycles. The topological polar surface area (TPSA) is 82.8 Å². The molecule has 3 aromatic rings. The third-order valence-corrected chi connectivity index (χ3v) is 6.09. The lowest BCUT2D eigenvalue weighted by Gasteiger charge is -2.34. The molecule has 0 unspecified atom stereocenters. The quantitative estimate of drug-likeness (QED) is 0.264. The fourth-order valence-corrected chi connectivity index (χ4v) is 4.74. The van der Waals surface area contributed by atoms with Crippen molar-refractivity contribution in [1.29, 1.82) is 0 Å². The molecule has 0 radical (unpaired) electrons. The zero-order chi connectivity index (χ0) is 20.4. The molecule has 0 saturated heterocycles. The number of ether oxygens (including phenoxy) is 2. The van der Waals surface area contributed by atoms with E-state index in [1.54, 1.807) is 30.5 Å². The van der Waals surface area contributed by atoms with E-state index in [1.165, 1.54) is 0 Å². The number of imidazole rings is 1. The van der Waals surface area contributed by atoms with Crippen molar-refractivity contribution in [3.8, 4) is 0 Å². The summed E-state index contributed by atoms with van der Waals surface area (Å²) in [5.74, 6) is 0.886. The summed E-state index contributed by atoms with van der Waals surface area (Å²) >= 11 is 8.35. The first-order chi connectivity index (χ1) is 14.1. The van der Waals surface area contributed by atoms with Crippen LogP contribution in [0.2, 0.25) is 5.15 Å². The molecule has 2 aromatic heterocycles. The summed E-state index contributed by atoms with van der Waals surface area (Å²) in [6.45, 7) is 0.549. The Labute approximate surface area is 185 Å². The average molecular weight is 526 g/mol. The van der Waals surface area contributed by atoms with Gasteiger partial charge in [0.15, 0.2) is 5.15 Å². The van der Waals surface area contributed by atoms with Crippen LogP contribution in [-0.2, 0) is 19.1 Å². The fourth-order valence-electron chi connectivity index (χ4n) is 3.58. The predicted octanol–water partition coefficient (Wildman–Crippen LogP) is 3.94. The van der Waals surface area contributed by atoms with E-state index in [9.17, 15) is 9.59 Å². The Bertz CT molecular complexity index is 1040. The molecule has 0 N–H and O–H groups in total. The second-order valence-electron chi connectivity index (χ2n) is 6.88. The van der Waals surface area contributed by atoms with Gasteiger partial charge in [-0.2, -0.15) is 0 Å². The number of hydrogen-bond donors (Lipinski definition) is 0. The van der Waals surface area contributed by atoms with Crippen LogP contribution < -0.4 is 0 Å². The van der Waals surface area contributed by atoms with Gasteiger partial charge in [0.2, 0.25) is 6.10 Å². The van der Waals surface area contributed by atoms with Gasteiger partial charge in [-0.05, 0) is 41.4 Å². The highest BCUT2D eigenvalue weighted by molar-refractivity contribution is 14.1. The van der Waals surface area contributed by atoms with Crippen LogP contribution in [-0.4, -0.2) is 33.4 Å². The number of esters is 1. The van der Waals surface area contributed by atoms with Crippen molar-refractivity contribution in [2.45, 2.75) is 24.9 Å². The molecule has 4 rings (SSSR count). The molecular weight excluding hydrogens is 509 g/mol. The second-order valence-corrected chi connectivity index (χ2v) is 8.26. The van der Waals surface area contributed by atoms with Crippen LogP contribution in [0.3, 0.4) is 0 Å². The molecule has 0 amide bonds. The molecule has 1 atom stereocenters. The Morgan fingerprint density at radius 3 is 2.83 bits per heavy atom. The highest BCUT2D eigenvalue weighted by Gasteiger charge is 2.35. The van der Waals surface area contributed by atoms with Gasteiger partial charge >= 0.3 is 5.97 Å². The van der Waals surface area contributed by atoms with E-state index in [2.05, 4.69) is 32.6 Å². The molecule has 1 aromatic carbocycles. The van der Waals surface area contributed by atoms with Crippen molar-refractivity contribution in [3.05, 3.63) is 63.0 Å². The lowest BCUT2D eigenvalue weighted by atomic mass is 9.75. The number of nitrogens with zero attached hydrogens (tertiary/aromatic N) is 3. The molecular formula is C20H17ClIN3O4. The lowest BCUT2D eigenvalue weighted by Crippen LogP contribution is -2.30. The van der Waals surface area contributed by atoms with E-state index >= 15 is 0 Å². The zero-order valence-electron chi connectivity index (χ0n) is 15.2. The van der Waals surface area contributed by atoms with E-state index in [0.29, 0.717) is 10.7 Å². The van der Waals surface area contributed by atoms with Gasteiger partial charge in [0.05, 0.1) is 6.61 Å². The summed E-state index contributed by atoms with van der Waals surface area (Å²) in [4.78, 5) is 31.9. The van der Waals surface area contributed by atoms with E-state index in [0.717, 1.165) is 27.9 Å². The molecule has 150 valence electrons. The maximum Gasteiger partial charge on any atom is 0.352 e. The Kier molecular flexibility index (Phi) is 6.00. The van der Waals surface area contributed by atoms with E-state index in [1.807, 2.05) is 16.7 Å². The summed E-state index contributed by atoms with van der Waals surface area (Å²) in [7, 11) is 0. The summed E-state index contributed by atoms with van der Waals surface area (Å²) in [6, 6.07) is 8.82. The van der Waals surface area contributed by atoms with Gasteiger partial charge in [0, 0.05) is 23.9 Å². The number of aromatic nitrogens is 3. The number of halogens is 2. The molecule has 1 fully saturated rings. The predicted molar refractivity (Wildman–Crippen MR) is 113 cm³/mol. The zero-order valence-corrected chi connectivity index (χ0v) is 18.1. The van der Waals surface area contributed by atoms with Crippen molar-refractivity contribution in [2.75, 3.05) is 6.61 Å². The molecule has 0 aliphatic heterocycles. The van der Waals surface area contributed by atoms with Gasteiger partial charge in [0.1, 0.15) is 15.0 Å². The number of benzene rings is 1. The number of hydrogen-bond acceptors (Lipinski definition) is 6. The molecule has 7 nitrogen and oxygen atoms in total. The highest BCUT2D eigenvalue weighted by Crippen LogP contribution is 2.42. The Hall–Kier alpha value is -2.20. The summed E-state index contributed by atoms with van der Waals surface area (Å²) in [5, 5.41) is 0.433. The standard InChI is InChI=1S/C20H17ClIN3O4/c21-17-15-18(22)24-19(25(15)7-6-23-17)14-8-12(9-14)10-28-20(27)16(29-11-26)13-4-2-1-3-5-13/h1-7,11-12,14,16H,8-10H2/t12?,14?,16-/m1/s1. The lowest BCUT2D eigenvalue weighted by molar-refractivity contribution is -0.164. The van der Waals surface area contributed by atoms with Crippen LogP contribution in [0, 0.1) is 9.62 Å². The third-order valence-electron chi connectivity index (χ3n) is 5.07. The highest BCUT2D eigenvalue weighted by atomic mass is 127. The van der Waals surface area contributed by atoms with Crippen molar-refractivity contribution >= 4 is 52.2 Å². The van der Waals surface area contributed by atoms with Crippen molar-refractivity contribution in [2.24, 2.45) is 5.92 Å². The minimum Gasteiger partial charge on any atom is -0.462 e. The van der Waals surface area contributed by atoms with Crippen molar-refractivity contribution in [3.63, 3.8) is 0 Å². The molecule has 9 heteroatoms. The molecule has 1 aliphatic rings. The van der Waals surface area contributed by atoms with Gasteiger partial charge in [-0.1, -0.05) is 41.9 Å². The Balaban J connectivity index is 1.36. The monoisotopic (exact) mass is 525 g/mol. The van der Waals surface area contributed by atoms with Gasteiger partial charge in [-0.25, -0.2) is 14.8 Å². The van der Waals surface area contributed by atoms with Gasteiger partial charge in [-0.3, -0.25) is 9.20 Å². The molecule has 0 bridgehead atoms. The Morgan fingerprint density at radius 1 is 1.34 bits per heavy atom. The van der Waals surface area contributed by atoms with E-state index < -0.39 is 12.1 Å². The van der Waals surface area contributed by atoms with Crippen LogP contribution in [0.4, 0.5) is 0 Å². The summed E-state index contributed by atoms with van der Waals surface area (Å²) in [5.41, 5.74) is 1.40. The van der Waals surface area contributed by atoms with Crippen LogP contribution in [0.1, 0.15) is 36.3 Å². The smallest absolute Gasteiger partial charge is 0.352 e. The minimum atomic E-state index is -1.04. The molecule has 29 heavy (non-hydrogen) atoms. The normalized spacial score (nSPS) is 19.4. The Morgan fingerprint density at radius 2 is 2.10 bits per heavy atom. The van der Waals surface area contributed by atoms with Crippen LogP contribution in [0.15, 0.2) is 42.7 Å². The molecule has 1 aliphatic carbocycles. The first-order valence-corrected chi connectivity index (χ1v) is 10.5. The average Bonchev–Trinajstić information content (AvgIpc) is 3.03. The minimum absolute atomic E-state index is 0.235. The van der Waals surface area contributed by atoms with Crippen LogP contribution in [0.5, 0.6) is 0 Å². The first-order valence-electron chi connectivity index (χ1n) is 9.07. The van der Waals surface area contributed by atoms with E-state index in [4.69, 9.17) is 21.1 Å². The first kappa shape index (κ1) is 20.1. The number of rotatable bonds is 7. The molecule has 1 saturated carbocycles. The van der Waals surface area contributed by atoms with Crippen molar-refractivity contribution in [1.82, 2.24) is 14.4 Å². The van der Waals surface area contributed by atoms with Crippen LogP contribution >= 0.6 is 34.2 Å².